The first-order valence-electron chi connectivity index (χ1n) is 11.5. The van der Waals surface area contributed by atoms with Gasteiger partial charge in [-0.3, -0.25) is 9.59 Å². The number of aromatic nitrogens is 3. The molecule has 176 valence electrons. The van der Waals surface area contributed by atoms with Crippen LogP contribution in [-0.2, 0) is 24.3 Å². The second kappa shape index (κ2) is 9.56. The molecule has 1 saturated heterocycles. The van der Waals surface area contributed by atoms with Gasteiger partial charge in [-0.2, -0.15) is 0 Å². The highest BCUT2D eigenvalue weighted by atomic mass is 35.5. The molecule has 3 heterocycles. The van der Waals surface area contributed by atoms with Crippen LogP contribution in [0.25, 0.3) is 0 Å². The van der Waals surface area contributed by atoms with E-state index in [0.29, 0.717) is 54.7 Å². The van der Waals surface area contributed by atoms with E-state index in [4.69, 9.17) is 16.3 Å². The SMILES string of the molecule is CCc1ccc(C(=O)N2CCN(C(=O)c3nnn4c3CO[C@H](c3ccc(Cl)cc3)C4)CC2)cc1. The van der Waals surface area contributed by atoms with Crippen LogP contribution in [0.2, 0.25) is 5.02 Å². The summed E-state index contributed by atoms with van der Waals surface area (Å²) in [5.74, 6) is -0.174. The van der Waals surface area contributed by atoms with Crippen molar-refractivity contribution in [3.05, 3.63) is 81.6 Å². The Morgan fingerprint density at radius 3 is 2.26 bits per heavy atom. The Balaban J connectivity index is 1.21. The number of hydrogen-bond acceptors (Lipinski definition) is 5. The van der Waals surface area contributed by atoms with Gasteiger partial charge in [0.2, 0.25) is 0 Å². The molecule has 0 saturated carbocycles. The Hall–Kier alpha value is -3.23. The van der Waals surface area contributed by atoms with Crippen molar-refractivity contribution < 1.29 is 14.3 Å². The molecule has 0 N–H and O–H groups in total. The smallest absolute Gasteiger partial charge is 0.276 e. The fraction of sp³-hybridized carbons (Fsp3) is 0.360. The van der Waals surface area contributed by atoms with Crippen LogP contribution >= 0.6 is 11.6 Å². The molecule has 1 fully saturated rings. The van der Waals surface area contributed by atoms with Gasteiger partial charge in [0, 0.05) is 36.8 Å². The molecule has 1 atom stereocenters. The predicted molar refractivity (Wildman–Crippen MR) is 127 cm³/mol. The van der Waals surface area contributed by atoms with E-state index in [0.717, 1.165) is 12.0 Å². The molecule has 0 aliphatic carbocycles. The van der Waals surface area contributed by atoms with E-state index in [1.165, 1.54) is 5.56 Å². The average molecular weight is 480 g/mol. The summed E-state index contributed by atoms with van der Waals surface area (Å²) in [7, 11) is 0. The molecule has 34 heavy (non-hydrogen) atoms. The first kappa shape index (κ1) is 22.6. The molecule has 2 aliphatic rings. The van der Waals surface area contributed by atoms with Crippen LogP contribution in [0, 0.1) is 0 Å². The Bertz CT molecular complexity index is 1180. The van der Waals surface area contributed by atoms with Gasteiger partial charge in [-0.1, -0.05) is 48.0 Å². The zero-order chi connectivity index (χ0) is 23.7. The molecule has 5 rings (SSSR count). The monoisotopic (exact) mass is 479 g/mol. The Morgan fingerprint density at radius 2 is 1.62 bits per heavy atom. The molecule has 2 amide bonds. The lowest BCUT2D eigenvalue weighted by atomic mass is 10.1. The van der Waals surface area contributed by atoms with Gasteiger partial charge in [0.15, 0.2) is 5.69 Å². The van der Waals surface area contributed by atoms with Crippen molar-refractivity contribution in [1.29, 1.82) is 0 Å². The largest absolute Gasteiger partial charge is 0.365 e. The van der Waals surface area contributed by atoms with Crippen LogP contribution in [0.3, 0.4) is 0 Å². The van der Waals surface area contributed by atoms with Crippen molar-refractivity contribution in [2.45, 2.75) is 32.6 Å². The lowest BCUT2D eigenvalue weighted by molar-refractivity contribution is -0.00202. The van der Waals surface area contributed by atoms with E-state index in [1.807, 2.05) is 48.5 Å². The number of ether oxygens (including phenoxy) is 1. The zero-order valence-electron chi connectivity index (χ0n) is 19.0. The van der Waals surface area contributed by atoms with E-state index in [2.05, 4.69) is 17.2 Å². The Morgan fingerprint density at radius 1 is 0.971 bits per heavy atom. The number of amides is 2. The minimum absolute atomic E-state index is 0.00238. The van der Waals surface area contributed by atoms with Crippen LogP contribution in [0.1, 0.15) is 50.7 Å². The maximum atomic E-state index is 13.2. The number of carbonyl (C=O) groups excluding carboxylic acids is 2. The first-order chi connectivity index (χ1) is 16.5. The number of halogens is 1. The van der Waals surface area contributed by atoms with E-state index in [1.54, 1.807) is 14.5 Å². The normalized spacial score (nSPS) is 18.0. The molecule has 0 spiro atoms. The summed E-state index contributed by atoms with van der Waals surface area (Å²) in [4.78, 5) is 29.5. The molecule has 0 bridgehead atoms. The lowest BCUT2D eigenvalue weighted by Gasteiger charge is -2.34. The molecule has 0 unspecified atom stereocenters. The highest BCUT2D eigenvalue weighted by molar-refractivity contribution is 6.30. The number of nitrogens with zero attached hydrogens (tertiary/aromatic N) is 5. The van der Waals surface area contributed by atoms with E-state index in [9.17, 15) is 9.59 Å². The molecule has 8 nitrogen and oxygen atoms in total. The maximum Gasteiger partial charge on any atom is 0.276 e. The second-order valence-electron chi connectivity index (χ2n) is 8.55. The van der Waals surface area contributed by atoms with E-state index < -0.39 is 0 Å². The summed E-state index contributed by atoms with van der Waals surface area (Å²) in [6.45, 7) is 4.71. The molecule has 1 aromatic heterocycles. The number of aryl methyl sites for hydroxylation is 1. The number of carbonyl (C=O) groups is 2. The van der Waals surface area contributed by atoms with Gasteiger partial charge in [0.05, 0.1) is 18.8 Å². The van der Waals surface area contributed by atoms with Gasteiger partial charge >= 0.3 is 0 Å². The van der Waals surface area contributed by atoms with E-state index >= 15 is 0 Å². The molecule has 0 radical (unpaired) electrons. The number of piperazine rings is 1. The third kappa shape index (κ3) is 4.43. The van der Waals surface area contributed by atoms with Gasteiger partial charge in [0.25, 0.3) is 11.8 Å². The quantitative estimate of drug-likeness (QED) is 0.573. The third-order valence-corrected chi connectivity index (χ3v) is 6.76. The highest BCUT2D eigenvalue weighted by Gasteiger charge is 2.32. The van der Waals surface area contributed by atoms with Crippen molar-refractivity contribution in [2.75, 3.05) is 26.2 Å². The van der Waals surface area contributed by atoms with Crippen molar-refractivity contribution in [1.82, 2.24) is 24.8 Å². The topological polar surface area (TPSA) is 80.6 Å². The second-order valence-corrected chi connectivity index (χ2v) is 8.99. The van der Waals surface area contributed by atoms with Crippen LogP contribution < -0.4 is 0 Å². The van der Waals surface area contributed by atoms with Crippen LogP contribution in [0.5, 0.6) is 0 Å². The third-order valence-electron chi connectivity index (χ3n) is 6.51. The summed E-state index contributed by atoms with van der Waals surface area (Å²) in [5, 5.41) is 9.06. The number of benzene rings is 2. The van der Waals surface area contributed by atoms with Crippen molar-refractivity contribution >= 4 is 23.4 Å². The summed E-state index contributed by atoms with van der Waals surface area (Å²) >= 11 is 5.98. The van der Waals surface area contributed by atoms with Crippen LogP contribution in [0.4, 0.5) is 0 Å². The molecule has 9 heteroatoms. The molecular formula is C25H26ClN5O3. The fourth-order valence-electron chi connectivity index (χ4n) is 4.38. The van der Waals surface area contributed by atoms with Crippen molar-refractivity contribution in [3.63, 3.8) is 0 Å². The summed E-state index contributed by atoms with van der Waals surface area (Å²) in [6.07, 6.45) is 0.768. The summed E-state index contributed by atoms with van der Waals surface area (Å²) in [5.41, 5.74) is 3.89. The molecule has 2 aliphatic heterocycles. The molecular weight excluding hydrogens is 454 g/mol. The number of fused-ring (bicyclic) bond motifs is 1. The van der Waals surface area contributed by atoms with Gasteiger partial charge in [0.1, 0.15) is 6.10 Å². The molecule has 2 aromatic carbocycles. The zero-order valence-corrected chi connectivity index (χ0v) is 19.7. The van der Waals surface area contributed by atoms with Crippen LogP contribution in [0.15, 0.2) is 48.5 Å². The van der Waals surface area contributed by atoms with Gasteiger partial charge in [-0.25, -0.2) is 4.68 Å². The van der Waals surface area contributed by atoms with Gasteiger partial charge in [-0.05, 0) is 41.8 Å². The standard InChI is InChI=1S/C25H26ClN5O3/c1-2-17-3-5-19(6-4-17)24(32)29-11-13-30(14-12-29)25(33)23-21-16-34-22(15-31(21)28-27-23)18-7-9-20(26)10-8-18/h3-10,22H,2,11-16H2,1H3/t22-/m0/s1. The lowest BCUT2D eigenvalue weighted by Crippen LogP contribution is -2.50. The summed E-state index contributed by atoms with van der Waals surface area (Å²) in [6, 6.07) is 15.2. The average Bonchev–Trinajstić information content (AvgIpc) is 3.32. The first-order valence-corrected chi connectivity index (χ1v) is 11.9. The highest BCUT2D eigenvalue weighted by Crippen LogP contribution is 2.28. The fourth-order valence-corrected chi connectivity index (χ4v) is 4.51. The van der Waals surface area contributed by atoms with Crippen molar-refractivity contribution in [3.8, 4) is 0 Å². The van der Waals surface area contributed by atoms with Gasteiger partial charge < -0.3 is 14.5 Å². The van der Waals surface area contributed by atoms with Gasteiger partial charge in [-0.15, -0.1) is 5.10 Å². The minimum atomic E-state index is -0.172. The number of rotatable bonds is 4. The Labute approximate surface area is 203 Å². The maximum absolute atomic E-state index is 13.2. The van der Waals surface area contributed by atoms with Crippen molar-refractivity contribution in [2.24, 2.45) is 0 Å². The number of hydrogen-bond donors (Lipinski definition) is 0. The minimum Gasteiger partial charge on any atom is -0.365 e. The molecule has 3 aromatic rings. The van der Waals surface area contributed by atoms with E-state index in [-0.39, 0.29) is 24.5 Å². The summed E-state index contributed by atoms with van der Waals surface area (Å²) < 4.78 is 7.76. The van der Waals surface area contributed by atoms with Crippen LogP contribution in [-0.4, -0.2) is 62.8 Å². The predicted octanol–water partition coefficient (Wildman–Crippen LogP) is 3.36. The Kier molecular flexibility index (Phi) is 6.34.